The maximum Gasteiger partial charge on any atom is 0.338 e. The van der Waals surface area contributed by atoms with Gasteiger partial charge in [0, 0.05) is 24.8 Å². The molecule has 0 unspecified atom stereocenters. The van der Waals surface area contributed by atoms with Crippen LogP contribution in [-0.2, 0) is 22.4 Å². The van der Waals surface area contributed by atoms with Crippen LogP contribution >= 0.6 is 0 Å². The molecule has 0 radical (unpaired) electrons. The van der Waals surface area contributed by atoms with Gasteiger partial charge in [-0.1, -0.05) is 32.0 Å². The van der Waals surface area contributed by atoms with Crippen LogP contribution < -0.4 is 10.2 Å². The number of rotatable bonds is 8. The number of anilines is 2. The SMILES string of the molecule is CCc1cccc(CC)c1NC(=O)COC(=O)c1ccc(N2CCCCC2)c([N+](=O)[O-])c1. The van der Waals surface area contributed by atoms with Crippen molar-refractivity contribution in [3.05, 3.63) is 63.2 Å². The zero-order chi connectivity index (χ0) is 23.1. The summed E-state index contributed by atoms with van der Waals surface area (Å²) in [6.07, 6.45) is 4.60. The summed E-state index contributed by atoms with van der Waals surface area (Å²) in [5.41, 5.74) is 3.19. The first-order valence-electron chi connectivity index (χ1n) is 11.1. The number of piperidine rings is 1. The van der Waals surface area contributed by atoms with Crippen LogP contribution in [0, 0.1) is 10.1 Å². The molecular weight excluding hydrogens is 410 g/mol. The van der Waals surface area contributed by atoms with Crippen molar-refractivity contribution in [2.75, 3.05) is 29.9 Å². The van der Waals surface area contributed by atoms with Gasteiger partial charge in [0.1, 0.15) is 5.69 Å². The van der Waals surface area contributed by atoms with Crippen molar-refractivity contribution >= 4 is 28.9 Å². The first-order valence-corrected chi connectivity index (χ1v) is 11.1. The van der Waals surface area contributed by atoms with E-state index in [9.17, 15) is 19.7 Å². The third-order valence-corrected chi connectivity index (χ3v) is 5.70. The van der Waals surface area contributed by atoms with Crippen molar-refractivity contribution in [3.63, 3.8) is 0 Å². The van der Waals surface area contributed by atoms with Gasteiger partial charge in [0.25, 0.3) is 11.6 Å². The summed E-state index contributed by atoms with van der Waals surface area (Å²) in [7, 11) is 0. The molecule has 1 N–H and O–H groups in total. The van der Waals surface area contributed by atoms with Crippen LogP contribution in [0.3, 0.4) is 0 Å². The summed E-state index contributed by atoms with van der Waals surface area (Å²) in [6.45, 7) is 5.05. The minimum absolute atomic E-state index is 0.0495. The van der Waals surface area contributed by atoms with Crippen molar-refractivity contribution in [1.82, 2.24) is 0 Å². The van der Waals surface area contributed by atoms with Gasteiger partial charge in [-0.2, -0.15) is 0 Å². The molecule has 1 heterocycles. The number of ether oxygens (including phenoxy) is 1. The molecule has 0 saturated carbocycles. The summed E-state index contributed by atoms with van der Waals surface area (Å²) in [6, 6.07) is 10.2. The second kappa shape index (κ2) is 10.7. The van der Waals surface area contributed by atoms with Crippen molar-refractivity contribution < 1.29 is 19.2 Å². The molecule has 1 fully saturated rings. The molecule has 0 aliphatic carbocycles. The molecule has 0 atom stereocenters. The number of nitrogens with zero attached hydrogens (tertiary/aromatic N) is 2. The summed E-state index contributed by atoms with van der Waals surface area (Å²) >= 11 is 0. The van der Waals surface area contributed by atoms with Crippen LogP contribution in [0.25, 0.3) is 0 Å². The number of carbonyl (C=O) groups is 2. The number of para-hydroxylation sites is 1. The molecule has 2 aromatic carbocycles. The van der Waals surface area contributed by atoms with Crippen LogP contribution in [0.2, 0.25) is 0 Å². The average molecular weight is 440 g/mol. The third-order valence-electron chi connectivity index (χ3n) is 5.70. The fourth-order valence-electron chi connectivity index (χ4n) is 3.99. The largest absolute Gasteiger partial charge is 0.452 e. The first-order chi connectivity index (χ1) is 15.4. The molecule has 170 valence electrons. The smallest absolute Gasteiger partial charge is 0.338 e. The van der Waals surface area contributed by atoms with E-state index in [2.05, 4.69) is 5.32 Å². The number of hydrogen-bond donors (Lipinski definition) is 1. The van der Waals surface area contributed by atoms with Gasteiger partial charge in [-0.05, 0) is 55.4 Å². The topological polar surface area (TPSA) is 102 Å². The van der Waals surface area contributed by atoms with Crippen LogP contribution in [-0.4, -0.2) is 36.5 Å². The minimum atomic E-state index is -0.770. The third kappa shape index (κ3) is 5.43. The summed E-state index contributed by atoms with van der Waals surface area (Å²) in [5, 5.41) is 14.4. The number of benzene rings is 2. The van der Waals surface area contributed by atoms with E-state index in [1.54, 1.807) is 6.07 Å². The number of esters is 1. The van der Waals surface area contributed by atoms with E-state index in [1.165, 1.54) is 12.1 Å². The Balaban J connectivity index is 1.68. The predicted octanol–water partition coefficient (Wildman–Crippen LogP) is 4.51. The van der Waals surface area contributed by atoms with Crippen LogP contribution in [0.5, 0.6) is 0 Å². The lowest BCUT2D eigenvalue weighted by molar-refractivity contribution is -0.384. The van der Waals surface area contributed by atoms with Gasteiger partial charge in [0.2, 0.25) is 0 Å². The number of nitro benzene ring substituents is 1. The number of hydrogen-bond acceptors (Lipinski definition) is 6. The Morgan fingerprint density at radius 1 is 1.06 bits per heavy atom. The summed E-state index contributed by atoms with van der Waals surface area (Å²) < 4.78 is 5.14. The zero-order valence-electron chi connectivity index (χ0n) is 18.6. The van der Waals surface area contributed by atoms with Crippen LogP contribution in [0.15, 0.2) is 36.4 Å². The molecule has 1 amide bonds. The molecule has 1 saturated heterocycles. The molecule has 8 heteroatoms. The summed E-state index contributed by atoms with van der Waals surface area (Å²) in [4.78, 5) is 38.0. The molecular formula is C24H29N3O5. The van der Waals surface area contributed by atoms with E-state index >= 15 is 0 Å². The average Bonchev–Trinajstić information content (AvgIpc) is 2.82. The number of nitro groups is 1. The lowest BCUT2D eigenvalue weighted by atomic mass is 10.0. The first kappa shape index (κ1) is 23.2. The fraction of sp³-hybridized carbons (Fsp3) is 0.417. The molecule has 0 bridgehead atoms. The van der Waals surface area contributed by atoms with Gasteiger partial charge >= 0.3 is 5.97 Å². The number of carbonyl (C=O) groups excluding carboxylic acids is 2. The van der Waals surface area contributed by atoms with E-state index < -0.39 is 23.4 Å². The highest BCUT2D eigenvalue weighted by molar-refractivity contribution is 5.97. The Bertz CT molecular complexity index is 977. The van der Waals surface area contributed by atoms with Crippen molar-refractivity contribution in [2.24, 2.45) is 0 Å². The number of amides is 1. The quantitative estimate of drug-likeness (QED) is 0.369. The predicted molar refractivity (Wildman–Crippen MR) is 123 cm³/mol. The molecule has 0 spiro atoms. The standard InChI is InChI=1S/C24H29N3O5/c1-3-17-9-8-10-18(4-2)23(17)25-22(28)16-32-24(29)19-11-12-20(21(15-19)27(30)31)26-13-6-5-7-14-26/h8-12,15H,3-7,13-14,16H2,1-2H3,(H,25,28). The molecule has 0 aromatic heterocycles. The van der Waals surface area contributed by atoms with E-state index in [-0.39, 0.29) is 11.3 Å². The van der Waals surface area contributed by atoms with Crippen LogP contribution in [0.1, 0.15) is 54.6 Å². The second-order valence-corrected chi connectivity index (χ2v) is 7.79. The lowest BCUT2D eigenvalue weighted by Gasteiger charge is -2.28. The van der Waals surface area contributed by atoms with Gasteiger partial charge in [-0.25, -0.2) is 4.79 Å². The number of aryl methyl sites for hydroxylation is 2. The molecule has 3 rings (SSSR count). The maximum absolute atomic E-state index is 12.5. The van der Waals surface area contributed by atoms with Crippen molar-refractivity contribution in [3.8, 4) is 0 Å². The van der Waals surface area contributed by atoms with Crippen LogP contribution in [0.4, 0.5) is 17.1 Å². The van der Waals surface area contributed by atoms with E-state index in [0.29, 0.717) is 5.69 Å². The Morgan fingerprint density at radius 2 is 1.72 bits per heavy atom. The molecule has 1 aliphatic rings. The van der Waals surface area contributed by atoms with Gasteiger partial charge in [-0.3, -0.25) is 14.9 Å². The fourth-order valence-corrected chi connectivity index (χ4v) is 3.99. The molecule has 32 heavy (non-hydrogen) atoms. The zero-order valence-corrected chi connectivity index (χ0v) is 18.6. The van der Waals surface area contributed by atoms with E-state index in [0.717, 1.165) is 62.0 Å². The van der Waals surface area contributed by atoms with Gasteiger partial charge in [0.05, 0.1) is 10.5 Å². The van der Waals surface area contributed by atoms with Crippen molar-refractivity contribution in [1.29, 1.82) is 0 Å². The molecule has 2 aromatic rings. The monoisotopic (exact) mass is 439 g/mol. The lowest BCUT2D eigenvalue weighted by Crippen LogP contribution is -2.30. The Hall–Kier alpha value is -3.42. The highest BCUT2D eigenvalue weighted by atomic mass is 16.6. The van der Waals surface area contributed by atoms with E-state index in [4.69, 9.17) is 4.74 Å². The normalized spacial score (nSPS) is 13.5. The Morgan fingerprint density at radius 3 is 2.31 bits per heavy atom. The maximum atomic E-state index is 12.5. The molecule has 8 nitrogen and oxygen atoms in total. The molecule has 1 aliphatic heterocycles. The Kier molecular flexibility index (Phi) is 7.81. The van der Waals surface area contributed by atoms with Gasteiger partial charge < -0.3 is 15.0 Å². The van der Waals surface area contributed by atoms with Gasteiger partial charge in [-0.15, -0.1) is 0 Å². The van der Waals surface area contributed by atoms with E-state index in [1.807, 2.05) is 36.9 Å². The Labute approximate surface area is 187 Å². The minimum Gasteiger partial charge on any atom is -0.452 e. The highest BCUT2D eigenvalue weighted by Gasteiger charge is 2.24. The highest BCUT2D eigenvalue weighted by Crippen LogP contribution is 2.31. The summed E-state index contributed by atoms with van der Waals surface area (Å²) in [5.74, 6) is -1.22. The van der Waals surface area contributed by atoms with Gasteiger partial charge in [0.15, 0.2) is 6.61 Å². The van der Waals surface area contributed by atoms with Crippen molar-refractivity contribution in [2.45, 2.75) is 46.0 Å². The number of nitrogens with one attached hydrogen (secondary N) is 1. The second-order valence-electron chi connectivity index (χ2n) is 7.79.